The Labute approximate surface area is 155 Å². The van der Waals surface area contributed by atoms with Crippen molar-refractivity contribution in [2.24, 2.45) is 0 Å². The second-order valence-electron chi connectivity index (χ2n) is 5.60. The molecule has 130 valence electrons. The third-order valence-electron chi connectivity index (χ3n) is 3.32. The molecule has 0 saturated carbocycles. The van der Waals surface area contributed by atoms with Crippen LogP contribution in [-0.2, 0) is 10.0 Å². The third kappa shape index (κ3) is 4.00. The number of benzene rings is 1. The minimum absolute atomic E-state index is 0.0605. The topological polar surface area (TPSA) is 83.2 Å². The van der Waals surface area contributed by atoms with Gasteiger partial charge in [-0.05, 0) is 41.1 Å². The van der Waals surface area contributed by atoms with Crippen LogP contribution in [-0.4, -0.2) is 37.2 Å². The minimum atomic E-state index is -3.97. The number of hydrogen-bond acceptors (Lipinski definition) is 5. The molecule has 6 nitrogen and oxygen atoms in total. The maximum absolute atomic E-state index is 12.9. The first-order chi connectivity index (χ1) is 11.7. The molecule has 0 aliphatic carbocycles. The first-order valence-electron chi connectivity index (χ1n) is 7.20. The summed E-state index contributed by atoms with van der Waals surface area (Å²) >= 11 is 3.20. The Morgan fingerprint density at radius 1 is 1.28 bits per heavy atom. The first kappa shape index (κ1) is 19.0. The molecule has 0 bridgehead atoms. The Hall–Kier alpha value is -2.37. The van der Waals surface area contributed by atoms with Gasteiger partial charge in [0.2, 0.25) is 5.78 Å². The highest BCUT2D eigenvalue weighted by atomic mass is 79.9. The van der Waals surface area contributed by atoms with E-state index in [1.807, 2.05) is 13.0 Å². The van der Waals surface area contributed by atoms with Gasteiger partial charge in [-0.25, -0.2) is 12.4 Å². The zero-order valence-electron chi connectivity index (χ0n) is 13.9. The van der Waals surface area contributed by atoms with Crippen molar-refractivity contribution < 1.29 is 13.2 Å². The molecule has 25 heavy (non-hydrogen) atoms. The number of nitriles is 1. The summed E-state index contributed by atoms with van der Waals surface area (Å²) in [5.41, 5.74) is 0.655. The molecule has 0 amide bonds. The standard InChI is InChI=1S/C17H16BrN3O3S/c1-12-4-6-15(7-5-12)25(23,24)21-11-14(18)8-16(21)17(22)13(9-19)10-20(2)3/h4-8,10-11H,1-3H3/b13-10+. The van der Waals surface area contributed by atoms with E-state index in [4.69, 9.17) is 0 Å². The lowest BCUT2D eigenvalue weighted by molar-refractivity contribution is 0.103. The summed E-state index contributed by atoms with van der Waals surface area (Å²) < 4.78 is 27.1. The largest absolute Gasteiger partial charge is 0.382 e. The predicted molar refractivity (Wildman–Crippen MR) is 97.6 cm³/mol. The average molecular weight is 422 g/mol. The molecule has 2 aromatic rings. The van der Waals surface area contributed by atoms with Gasteiger partial charge in [0.25, 0.3) is 10.0 Å². The molecule has 8 heteroatoms. The molecule has 1 aromatic heterocycles. The molecule has 0 saturated heterocycles. The Morgan fingerprint density at radius 3 is 2.40 bits per heavy atom. The molecule has 1 heterocycles. The highest BCUT2D eigenvalue weighted by molar-refractivity contribution is 9.10. The Bertz CT molecular complexity index is 981. The number of hydrogen-bond donors (Lipinski definition) is 0. The Balaban J connectivity index is 2.60. The zero-order valence-corrected chi connectivity index (χ0v) is 16.3. The number of rotatable bonds is 5. The summed E-state index contributed by atoms with van der Waals surface area (Å²) in [7, 11) is -0.627. The highest BCUT2D eigenvalue weighted by Crippen LogP contribution is 2.24. The Kier molecular flexibility index (Phi) is 5.50. The summed E-state index contributed by atoms with van der Waals surface area (Å²) in [5.74, 6) is -0.669. The van der Waals surface area contributed by atoms with Crippen LogP contribution in [0.15, 0.2) is 57.7 Å². The SMILES string of the molecule is Cc1ccc(S(=O)(=O)n2cc(Br)cc2C(=O)/C(C#N)=C/N(C)C)cc1. The lowest BCUT2D eigenvalue weighted by Gasteiger charge is -2.11. The van der Waals surface area contributed by atoms with Crippen molar-refractivity contribution >= 4 is 31.7 Å². The molecule has 2 rings (SSSR count). The zero-order chi connectivity index (χ0) is 18.8. The molecular formula is C17H16BrN3O3S. The van der Waals surface area contributed by atoms with E-state index in [0.29, 0.717) is 4.47 Å². The first-order valence-corrected chi connectivity index (χ1v) is 9.43. The minimum Gasteiger partial charge on any atom is -0.382 e. The summed E-state index contributed by atoms with van der Waals surface area (Å²) in [6.45, 7) is 1.85. The highest BCUT2D eigenvalue weighted by Gasteiger charge is 2.26. The normalized spacial score (nSPS) is 11.9. The molecular weight excluding hydrogens is 406 g/mol. The van der Waals surface area contributed by atoms with Gasteiger partial charge in [-0.2, -0.15) is 5.26 Å². The van der Waals surface area contributed by atoms with Gasteiger partial charge in [-0.3, -0.25) is 4.79 Å². The number of aryl methyl sites for hydroxylation is 1. The predicted octanol–water partition coefficient (Wildman–Crippen LogP) is 2.95. The summed E-state index contributed by atoms with van der Waals surface area (Å²) in [4.78, 5) is 14.3. The van der Waals surface area contributed by atoms with E-state index in [9.17, 15) is 18.5 Å². The monoisotopic (exact) mass is 421 g/mol. The quantitative estimate of drug-likeness (QED) is 0.420. The van der Waals surface area contributed by atoms with Crippen molar-refractivity contribution in [3.63, 3.8) is 0 Å². The third-order valence-corrected chi connectivity index (χ3v) is 5.44. The van der Waals surface area contributed by atoms with E-state index in [-0.39, 0.29) is 16.2 Å². The van der Waals surface area contributed by atoms with Crippen LogP contribution in [0.2, 0.25) is 0 Å². The maximum Gasteiger partial charge on any atom is 0.268 e. The molecule has 0 aliphatic rings. The number of aromatic nitrogens is 1. The van der Waals surface area contributed by atoms with E-state index in [1.165, 1.54) is 30.6 Å². The lowest BCUT2D eigenvalue weighted by atomic mass is 10.1. The molecule has 0 N–H and O–H groups in total. The number of Topliss-reactive ketones (excluding diaryl/α,β-unsaturated/α-hetero) is 1. The number of allylic oxidation sites excluding steroid dienone is 1. The van der Waals surface area contributed by atoms with Crippen LogP contribution in [0, 0.1) is 18.3 Å². The van der Waals surface area contributed by atoms with Crippen molar-refractivity contribution in [3.05, 3.63) is 64.0 Å². The molecule has 0 unspecified atom stereocenters. The summed E-state index contributed by atoms with van der Waals surface area (Å²) in [5, 5.41) is 9.22. The van der Waals surface area contributed by atoms with Crippen LogP contribution >= 0.6 is 15.9 Å². The van der Waals surface area contributed by atoms with Crippen LogP contribution in [0.1, 0.15) is 16.1 Å². The molecule has 1 aromatic carbocycles. The number of carbonyl (C=O) groups excluding carboxylic acids is 1. The fourth-order valence-electron chi connectivity index (χ4n) is 2.14. The number of nitrogens with zero attached hydrogens (tertiary/aromatic N) is 3. The fraction of sp³-hybridized carbons (Fsp3) is 0.176. The van der Waals surface area contributed by atoms with Crippen molar-refractivity contribution in [1.82, 2.24) is 8.87 Å². The van der Waals surface area contributed by atoms with Crippen LogP contribution in [0.25, 0.3) is 0 Å². The smallest absolute Gasteiger partial charge is 0.268 e. The lowest BCUT2D eigenvalue weighted by Crippen LogP contribution is -2.19. The van der Waals surface area contributed by atoms with Crippen molar-refractivity contribution in [2.75, 3.05) is 14.1 Å². The maximum atomic E-state index is 12.9. The Morgan fingerprint density at radius 2 is 1.88 bits per heavy atom. The van der Waals surface area contributed by atoms with E-state index in [2.05, 4.69) is 15.9 Å². The molecule has 0 aliphatic heterocycles. The molecule has 0 spiro atoms. The van der Waals surface area contributed by atoms with E-state index >= 15 is 0 Å². The van der Waals surface area contributed by atoms with Gasteiger partial charge in [-0.15, -0.1) is 0 Å². The number of carbonyl (C=O) groups is 1. The van der Waals surface area contributed by atoms with Crippen LogP contribution in [0.3, 0.4) is 0 Å². The molecule has 0 fully saturated rings. The van der Waals surface area contributed by atoms with E-state index in [0.717, 1.165) is 9.54 Å². The molecule has 0 atom stereocenters. The van der Waals surface area contributed by atoms with Gasteiger partial charge in [0.05, 0.1) is 4.90 Å². The second kappa shape index (κ2) is 7.25. The summed E-state index contributed by atoms with van der Waals surface area (Å²) in [6, 6.07) is 9.52. The van der Waals surface area contributed by atoms with Gasteiger partial charge in [0.15, 0.2) is 0 Å². The molecule has 0 radical (unpaired) electrons. The number of halogens is 1. The number of ketones is 1. The van der Waals surface area contributed by atoms with Gasteiger partial charge < -0.3 is 4.90 Å². The van der Waals surface area contributed by atoms with Crippen LogP contribution in [0.5, 0.6) is 0 Å². The van der Waals surface area contributed by atoms with E-state index in [1.54, 1.807) is 31.1 Å². The van der Waals surface area contributed by atoms with Gasteiger partial charge in [0, 0.05) is 31.0 Å². The van der Waals surface area contributed by atoms with Crippen LogP contribution in [0.4, 0.5) is 0 Å². The van der Waals surface area contributed by atoms with Crippen molar-refractivity contribution in [1.29, 1.82) is 5.26 Å². The average Bonchev–Trinajstić information content (AvgIpc) is 2.95. The van der Waals surface area contributed by atoms with Gasteiger partial charge in [-0.1, -0.05) is 17.7 Å². The fourth-order valence-corrected chi connectivity index (χ4v) is 4.05. The second-order valence-corrected chi connectivity index (χ2v) is 8.34. The van der Waals surface area contributed by atoms with Gasteiger partial charge in [0.1, 0.15) is 17.3 Å². The van der Waals surface area contributed by atoms with Crippen molar-refractivity contribution in [2.45, 2.75) is 11.8 Å². The van der Waals surface area contributed by atoms with E-state index < -0.39 is 15.8 Å². The van der Waals surface area contributed by atoms with Gasteiger partial charge >= 0.3 is 0 Å². The summed E-state index contributed by atoms with van der Waals surface area (Å²) in [6.07, 6.45) is 2.65. The van der Waals surface area contributed by atoms with Crippen molar-refractivity contribution in [3.8, 4) is 6.07 Å². The van der Waals surface area contributed by atoms with Crippen LogP contribution < -0.4 is 0 Å².